The number of fused-ring (bicyclic) bond motifs is 2. The lowest BCUT2D eigenvalue weighted by Gasteiger charge is -2.48. The first-order chi connectivity index (χ1) is 15.1. The van der Waals surface area contributed by atoms with E-state index in [1.54, 1.807) is 19.5 Å². The normalized spacial score (nSPS) is 29.0. The first kappa shape index (κ1) is 22.6. The molecule has 172 valence electrons. The SMILES string of the molecule is COCCN1CC2CCC(C(=O)NO)(C1)N2S(=O)N1CCC(Oc2ccncc2)CC1. The average Bonchev–Trinajstić information content (AvgIpc) is 3.05. The quantitative estimate of drug-likeness (QED) is 0.427. The lowest BCUT2D eigenvalue weighted by molar-refractivity contribution is -0.141. The highest BCUT2D eigenvalue weighted by atomic mass is 32.2. The van der Waals surface area contributed by atoms with Gasteiger partial charge >= 0.3 is 0 Å². The minimum atomic E-state index is -1.46. The summed E-state index contributed by atoms with van der Waals surface area (Å²) in [6.07, 6.45) is 6.32. The van der Waals surface area contributed by atoms with Gasteiger partial charge in [-0.3, -0.25) is 19.9 Å². The zero-order valence-electron chi connectivity index (χ0n) is 17.8. The van der Waals surface area contributed by atoms with Gasteiger partial charge in [0.25, 0.3) is 5.91 Å². The number of likely N-dealkylation sites (tertiary alicyclic amines) is 1. The van der Waals surface area contributed by atoms with E-state index in [0.29, 0.717) is 39.2 Å². The zero-order chi connectivity index (χ0) is 21.8. The molecule has 10 nitrogen and oxygen atoms in total. The predicted octanol–water partition coefficient (Wildman–Crippen LogP) is 0.174. The molecular weight excluding hydrogens is 422 g/mol. The number of carbonyl (C=O) groups is 1. The highest BCUT2D eigenvalue weighted by Crippen LogP contribution is 2.41. The van der Waals surface area contributed by atoms with Crippen LogP contribution in [0.15, 0.2) is 24.5 Å². The number of nitrogens with one attached hydrogen (secondary N) is 1. The number of amides is 1. The summed E-state index contributed by atoms with van der Waals surface area (Å²) in [5, 5.41) is 9.45. The Morgan fingerprint density at radius 3 is 2.74 bits per heavy atom. The fourth-order valence-corrected chi connectivity index (χ4v) is 6.66. The van der Waals surface area contributed by atoms with Gasteiger partial charge in [0.1, 0.15) is 17.4 Å². The third kappa shape index (κ3) is 4.62. The van der Waals surface area contributed by atoms with Crippen molar-refractivity contribution >= 4 is 17.1 Å². The number of ether oxygens (including phenoxy) is 2. The maximum atomic E-state index is 13.6. The maximum absolute atomic E-state index is 13.6. The molecule has 3 fully saturated rings. The van der Waals surface area contributed by atoms with Gasteiger partial charge in [0.15, 0.2) is 11.2 Å². The van der Waals surface area contributed by atoms with Crippen LogP contribution in [0, 0.1) is 0 Å². The van der Waals surface area contributed by atoms with Gasteiger partial charge < -0.3 is 9.47 Å². The number of methoxy groups -OCH3 is 1. The fraction of sp³-hybridized carbons (Fsp3) is 0.700. The number of hydrogen-bond donors (Lipinski definition) is 2. The molecule has 4 heterocycles. The van der Waals surface area contributed by atoms with Crippen LogP contribution in [0.3, 0.4) is 0 Å². The Bertz CT molecular complexity index is 778. The van der Waals surface area contributed by atoms with Gasteiger partial charge in [0, 0.05) is 58.3 Å². The van der Waals surface area contributed by atoms with E-state index in [-0.39, 0.29) is 12.1 Å². The molecule has 1 amide bonds. The lowest BCUT2D eigenvalue weighted by atomic mass is 9.96. The molecule has 0 radical (unpaired) electrons. The number of aromatic nitrogens is 1. The van der Waals surface area contributed by atoms with Gasteiger partial charge in [-0.15, -0.1) is 0 Å². The van der Waals surface area contributed by atoms with Gasteiger partial charge in [-0.2, -0.15) is 4.31 Å². The van der Waals surface area contributed by atoms with Crippen LogP contribution in [0.25, 0.3) is 0 Å². The Balaban J connectivity index is 1.42. The van der Waals surface area contributed by atoms with Gasteiger partial charge in [-0.05, 0) is 37.8 Å². The Morgan fingerprint density at radius 2 is 2.06 bits per heavy atom. The van der Waals surface area contributed by atoms with E-state index in [1.807, 2.05) is 26.2 Å². The Kier molecular flexibility index (Phi) is 7.19. The Labute approximate surface area is 185 Å². The molecule has 4 rings (SSSR count). The fourth-order valence-electron chi connectivity index (χ4n) is 4.93. The number of piperidine rings is 1. The van der Waals surface area contributed by atoms with Crippen LogP contribution in [0.1, 0.15) is 25.7 Å². The largest absolute Gasteiger partial charge is 0.490 e. The van der Waals surface area contributed by atoms with Crippen LogP contribution in [0.5, 0.6) is 5.75 Å². The van der Waals surface area contributed by atoms with E-state index in [0.717, 1.165) is 31.6 Å². The molecule has 3 unspecified atom stereocenters. The second kappa shape index (κ2) is 9.88. The van der Waals surface area contributed by atoms with Crippen LogP contribution in [0.4, 0.5) is 0 Å². The summed E-state index contributed by atoms with van der Waals surface area (Å²) in [5.74, 6) is 0.305. The molecular formula is C20H31N5O5S. The topological polar surface area (TPSA) is 107 Å². The van der Waals surface area contributed by atoms with Gasteiger partial charge in [0.2, 0.25) is 0 Å². The third-order valence-electron chi connectivity index (χ3n) is 6.48. The van der Waals surface area contributed by atoms with E-state index < -0.39 is 22.6 Å². The van der Waals surface area contributed by atoms with Crippen molar-refractivity contribution < 1.29 is 23.7 Å². The number of rotatable bonds is 8. The van der Waals surface area contributed by atoms with Crippen molar-refractivity contribution in [2.24, 2.45) is 0 Å². The Hall–Kier alpha value is -1.63. The summed E-state index contributed by atoms with van der Waals surface area (Å²) >= 11 is -1.46. The Morgan fingerprint density at radius 1 is 1.32 bits per heavy atom. The van der Waals surface area contributed by atoms with Crippen molar-refractivity contribution in [1.82, 2.24) is 24.0 Å². The molecule has 0 aliphatic carbocycles. The third-order valence-corrected chi connectivity index (χ3v) is 8.27. The van der Waals surface area contributed by atoms with E-state index in [1.165, 1.54) is 0 Å². The predicted molar refractivity (Wildman–Crippen MR) is 113 cm³/mol. The van der Waals surface area contributed by atoms with E-state index >= 15 is 0 Å². The van der Waals surface area contributed by atoms with Crippen molar-refractivity contribution in [3.05, 3.63) is 24.5 Å². The van der Waals surface area contributed by atoms with Gasteiger partial charge in [-0.1, -0.05) is 0 Å². The molecule has 0 aromatic carbocycles. The number of pyridine rings is 1. The number of hydroxylamine groups is 1. The lowest BCUT2D eigenvalue weighted by Crippen LogP contribution is -2.69. The number of carbonyl (C=O) groups excluding carboxylic acids is 1. The van der Waals surface area contributed by atoms with Crippen molar-refractivity contribution in [1.29, 1.82) is 0 Å². The molecule has 31 heavy (non-hydrogen) atoms. The number of nitrogens with zero attached hydrogens (tertiary/aromatic N) is 4. The van der Waals surface area contributed by atoms with E-state index in [2.05, 4.69) is 9.88 Å². The summed E-state index contributed by atoms with van der Waals surface area (Å²) < 4.78 is 28.6. The minimum absolute atomic E-state index is 0.00506. The summed E-state index contributed by atoms with van der Waals surface area (Å²) in [4.78, 5) is 18.9. The summed E-state index contributed by atoms with van der Waals surface area (Å²) in [6, 6.07) is 3.67. The zero-order valence-corrected chi connectivity index (χ0v) is 18.6. The van der Waals surface area contributed by atoms with Gasteiger partial charge in [-0.25, -0.2) is 14.0 Å². The molecule has 1 aromatic heterocycles. The minimum Gasteiger partial charge on any atom is -0.490 e. The molecule has 2 N–H and O–H groups in total. The monoisotopic (exact) mass is 453 g/mol. The van der Waals surface area contributed by atoms with Crippen molar-refractivity contribution in [2.75, 3.05) is 46.4 Å². The number of hydrogen-bond acceptors (Lipinski definition) is 7. The van der Waals surface area contributed by atoms with Crippen LogP contribution < -0.4 is 10.2 Å². The van der Waals surface area contributed by atoms with Crippen LogP contribution in [-0.4, -0.2) is 97.9 Å². The molecule has 1 aromatic rings. The van der Waals surface area contributed by atoms with Crippen LogP contribution in [-0.2, 0) is 20.7 Å². The van der Waals surface area contributed by atoms with E-state index in [4.69, 9.17) is 9.47 Å². The second-order valence-electron chi connectivity index (χ2n) is 8.38. The summed E-state index contributed by atoms with van der Waals surface area (Å²) in [5.41, 5.74) is 0.836. The van der Waals surface area contributed by atoms with Crippen molar-refractivity contribution in [2.45, 2.75) is 43.4 Å². The molecule has 11 heteroatoms. The first-order valence-corrected chi connectivity index (χ1v) is 11.8. The van der Waals surface area contributed by atoms with E-state index in [9.17, 15) is 14.2 Å². The van der Waals surface area contributed by atoms with Gasteiger partial charge in [0.05, 0.1) is 6.61 Å². The highest BCUT2D eigenvalue weighted by Gasteiger charge is 2.59. The van der Waals surface area contributed by atoms with Crippen LogP contribution >= 0.6 is 0 Å². The molecule has 2 bridgehead atoms. The average molecular weight is 454 g/mol. The van der Waals surface area contributed by atoms with Crippen molar-refractivity contribution in [3.63, 3.8) is 0 Å². The molecule has 0 spiro atoms. The molecule has 3 aliphatic rings. The maximum Gasteiger partial charge on any atom is 0.266 e. The standard InChI is InChI=1S/C20H31N5O5S/c1-29-13-12-23-14-16-2-7-20(15-23,19(26)22-27)25(16)31(28)24-10-5-18(6-11-24)30-17-3-8-21-9-4-17/h3-4,8-9,16,18,27H,2,5-7,10-15H2,1H3,(H,22,26). The van der Waals surface area contributed by atoms with Crippen molar-refractivity contribution in [3.8, 4) is 5.75 Å². The van der Waals surface area contributed by atoms with Crippen LogP contribution in [0.2, 0.25) is 0 Å². The second-order valence-corrected chi connectivity index (χ2v) is 9.75. The summed E-state index contributed by atoms with van der Waals surface area (Å²) in [7, 11) is 1.65. The molecule has 3 atom stereocenters. The molecule has 3 saturated heterocycles. The first-order valence-electron chi connectivity index (χ1n) is 10.8. The number of piperazine rings is 1. The molecule has 3 aliphatic heterocycles. The summed E-state index contributed by atoms with van der Waals surface area (Å²) in [6.45, 7) is 3.67. The highest BCUT2D eigenvalue weighted by molar-refractivity contribution is 7.80. The smallest absolute Gasteiger partial charge is 0.266 e. The molecule has 0 saturated carbocycles.